The number of hydrogen-bond acceptors (Lipinski definition) is 4. The zero-order valence-corrected chi connectivity index (χ0v) is 12.0. The van der Waals surface area contributed by atoms with Gasteiger partial charge >= 0.3 is 0 Å². The Morgan fingerprint density at radius 3 is 2.61 bits per heavy atom. The second-order valence-electron chi connectivity index (χ2n) is 5.24. The third-order valence-corrected chi connectivity index (χ3v) is 5.77. The highest BCUT2D eigenvalue weighted by atomic mass is 32.2. The van der Waals surface area contributed by atoms with Gasteiger partial charge in [0.05, 0.1) is 19.0 Å². The van der Waals surface area contributed by atoms with Crippen molar-refractivity contribution in [3.05, 3.63) is 0 Å². The molecule has 2 fully saturated rings. The molecule has 2 rings (SSSR count). The van der Waals surface area contributed by atoms with E-state index in [1.54, 1.807) is 4.31 Å². The molecule has 1 atom stereocenters. The van der Waals surface area contributed by atoms with E-state index in [-0.39, 0.29) is 5.75 Å². The van der Waals surface area contributed by atoms with Crippen molar-refractivity contribution < 1.29 is 13.2 Å². The van der Waals surface area contributed by atoms with Crippen LogP contribution in [0, 0.1) is 5.92 Å². The van der Waals surface area contributed by atoms with Crippen LogP contribution in [0.15, 0.2) is 0 Å². The Bertz CT molecular complexity index is 352. The minimum atomic E-state index is -2.99. The van der Waals surface area contributed by atoms with Crippen LogP contribution < -0.4 is 0 Å². The number of morpholine rings is 1. The molecule has 2 aliphatic rings. The van der Waals surface area contributed by atoms with Gasteiger partial charge in [0.2, 0.25) is 10.0 Å². The van der Waals surface area contributed by atoms with Crippen LogP contribution in [0.25, 0.3) is 0 Å². The highest BCUT2D eigenvalue weighted by molar-refractivity contribution is 7.89. The first-order chi connectivity index (χ1) is 8.62. The van der Waals surface area contributed by atoms with E-state index in [4.69, 9.17) is 4.74 Å². The molecular formula is C12H24N2O3S. The average molecular weight is 276 g/mol. The van der Waals surface area contributed by atoms with Gasteiger partial charge in [-0.25, -0.2) is 12.7 Å². The molecule has 6 heteroatoms. The zero-order chi connectivity index (χ0) is 13.0. The topological polar surface area (TPSA) is 49.9 Å². The smallest absolute Gasteiger partial charge is 0.214 e. The van der Waals surface area contributed by atoms with Crippen LogP contribution in [-0.4, -0.2) is 69.3 Å². The van der Waals surface area contributed by atoms with Crippen LogP contribution in [-0.2, 0) is 14.8 Å². The molecule has 1 unspecified atom stereocenters. The molecule has 5 nitrogen and oxygen atoms in total. The average Bonchev–Trinajstić information content (AvgIpc) is 2.79. The summed E-state index contributed by atoms with van der Waals surface area (Å²) in [5.41, 5.74) is 0. The van der Waals surface area contributed by atoms with Gasteiger partial charge in [-0.05, 0) is 18.8 Å². The first-order valence-corrected chi connectivity index (χ1v) is 8.50. The lowest BCUT2D eigenvalue weighted by molar-refractivity contribution is 0.0316. The summed E-state index contributed by atoms with van der Waals surface area (Å²) >= 11 is 0. The molecule has 0 amide bonds. The second-order valence-corrected chi connectivity index (χ2v) is 7.33. The van der Waals surface area contributed by atoms with Crippen molar-refractivity contribution in [3.63, 3.8) is 0 Å². The van der Waals surface area contributed by atoms with E-state index >= 15 is 0 Å². The van der Waals surface area contributed by atoms with Crippen LogP contribution in [0.2, 0.25) is 0 Å². The van der Waals surface area contributed by atoms with Gasteiger partial charge in [-0.1, -0.05) is 6.92 Å². The fourth-order valence-electron chi connectivity index (χ4n) is 2.73. The molecule has 0 aromatic heterocycles. The van der Waals surface area contributed by atoms with Crippen molar-refractivity contribution in [2.75, 3.05) is 51.7 Å². The van der Waals surface area contributed by atoms with E-state index in [0.29, 0.717) is 25.4 Å². The minimum Gasteiger partial charge on any atom is -0.379 e. The highest BCUT2D eigenvalue weighted by Gasteiger charge is 2.31. The summed E-state index contributed by atoms with van der Waals surface area (Å²) in [5.74, 6) is 0.784. The van der Waals surface area contributed by atoms with Crippen LogP contribution >= 0.6 is 0 Å². The Hall–Kier alpha value is -0.170. The van der Waals surface area contributed by atoms with Gasteiger partial charge in [-0.15, -0.1) is 0 Å². The van der Waals surface area contributed by atoms with Crippen LogP contribution in [0.4, 0.5) is 0 Å². The molecule has 0 aliphatic carbocycles. The largest absolute Gasteiger partial charge is 0.379 e. The predicted molar refractivity (Wildman–Crippen MR) is 71.0 cm³/mol. The minimum absolute atomic E-state index is 0.289. The van der Waals surface area contributed by atoms with E-state index in [0.717, 1.165) is 39.3 Å². The lowest BCUT2D eigenvalue weighted by Gasteiger charge is -2.29. The van der Waals surface area contributed by atoms with Crippen molar-refractivity contribution in [2.24, 2.45) is 5.92 Å². The van der Waals surface area contributed by atoms with Crippen molar-refractivity contribution >= 4 is 10.0 Å². The Kier molecular flexibility index (Phi) is 5.00. The van der Waals surface area contributed by atoms with Gasteiger partial charge in [0.1, 0.15) is 0 Å². The maximum absolute atomic E-state index is 12.0. The maximum Gasteiger partial charge on any atom is 0.214 e. The van der Waals surface area contributed by atoms with Crippen molar-refractivity contribution in [1.82, 2.24) is 9.21 Å². The first kappa shape index (κ1) is 14.2. The van der Waals surface area contributed by atoms with E-state index in [1.807, 2.05) is 6.92 Å². The van der Waals surface area contributed by atoms with Gasteiger partial charge in [-0.3, -0.25) is 4.90 Å². The molecule has 0 spiro atoms. The zero-order valence-electron chi connectivity index (χ0n) is 11.2. The van der Waals surface area contributed by atoms with Crippen molar-refractivity contribution in [3.8, 4) is 0 Å². The summed E-state index contributed by atoms with van der Waals surface area (Å²) in [7, 11) is -2.99. The number of rotatable bonds is 5. The summed E-state index contributed by atoms with van der Waals surface area (Å²) < 4.78 is 30.9. The quantitative estimate of drug-likeness (QED) is 0.728. The van der Waals surface area contributed by atoms with E-state index < -0.39 is 10.0 Å². The van der Waals surface area contributed by atoms with Crippen molar-refractivity contribution in [2.45, 2.75) is 19.8 Å². The third-order valence-electron chi connectivity index (χ3n) is 3.72. The summed E-state index contributed by atoms with van der Waals surface area (Å²) in [4.78, 5) is 2.39. The first-order valence-electron chi connectivity index (χ1n) is 6.89. The van der Waals surface area contributed by atoms with Crippen LogP contribution in [0.3, 0.4) is 0 Å². The summed E-state index contributed by atoms with van der Waals surface area (Å²) in [6.45, 7) is 7.93. The molecule has 0 radical (unpaired) electrons. The normalized spacial score (nSPS) is 27.7. The molecule has 0 saturated carbocycles. The molecule has 2 aliphatic heterocycles. The SMILES string of the molecule is CCCS(=O)(=O)N1CCC(CN2CCOCC2)C1. The molecular weight excluding hydrogens is 252 g/mol. The monoisotopic (exact) mass is 276 g/mol. The van der Waals surface area contributed by atoms with Gasteiger partial charge in [0, 0.05) is 32.7 Å². The molecule has 106 valence electrons. The molecule has 0 aromatic rings. The van der Waals surface area contributed by atoms with Gasteiger partial charge in [-0.2, -0.15) is 0 Å². The number of sulfonamides is 1. The van der Waals surface area contributed by atoms with Crippen molar-refractivity contribution in [1.29, 1.82) is 0 Å². The van der Waals surface area contributed by atoms with Gasteiger partial charge in [0.25, 0.3) is 0 Å². The summed E-state index contributed by atoms with van der Waals surface area (Å²) in [6, 6.07) is 0. The number of nitrogens with zero attached hydrogens (tertiary/aromatic N) is 2. The van der Waals surface area contributed by atoms with E-state index in [9.17, 15) is 8.42 Å². The molecule has 0 bridgehead atoms. The molecule has 18 heavy (non-hydrogen) atoms. The second kappa shape index (κ2) is 6.32. The standard InChI is InChI=1S/C12H24N2O3S/c1-2-9-18(15,16)14-4-3-12(11-14)10-13-5-7-17-8-6-13/h12H,2-11H2,1H3. The maximum atomic E-state index is 12.0. The lowest BCUT2D eigenvalue weighted by Crippen LogP contribution is -2.40. The fourth-order valence-corrected chi connectivity index (χ4v) is 4.33. The number of ether oxygens (including phenoxy) is 1. The molecule has 2 saturated heterocycles. The van der Waals surface area contributed by atoms with E-state index in [1.165, 1.54) is 0 Å². The Morgan fingerprint density at radius 2 is 1.94 bits per heavy atom. The van der Waals surface area contributed by atoms with Gasteiger partial charge in [0.15, 0.2) is 0 Å². The Labute approximate surface area is 110 Å². The fraction of sp³-hybridized carbons (Fsp3) is 1.00. The molecule has 0 aromatic carbocycles. The summed E-state index contributed by atoms with van der Waals surface area (Å²) in [5, 5.41) is 0. The Balaban J connectivity index is 1.81. The number of hydrogen-bond donors (Lipinski definition) is 0. The predicted octanol–water partition coefficient (Wildman–Crippen LogP) is 0.380. The third kappa shape index (κ3) is 3.66. The Morgan fingerprint density at radius 1 is 1.22 bits per heavy atom. The molecule has 2 heterocycles. The summed E-state index contributed by atoms with van der Waals surface area (Å²) in [6.07, 6.45) is 1.70. The van der Waals surface area contributed by atoms with Gasteiger partial charge < -0.3 is 4.74 Å². The highest BCUT2D eigenvalue weighted by Crippen LogP contribution is 2.21. The lowest BCUT2D eigenvalue weighted by atomic mass is 10.1. The van der Waals surface area contributed by atoms with Crippen LogP contribution in [0.1, 0.15) is 19.8 Å². The molecule has 0 N–H and O–H groups in total. The van der Waals surface area contributed by atoms with E-state index in [2.05, 4.69) is 4.90 Å². The van der Waals surface area contributed by atoms with Crippen LogP contribution in [0.5, 0.6) is 0 Å².